The average molecular weight is 322 g/mol. The molecule has 4 nitrogen and oxygen atoms in total. The molecule has 4 heteroatoms. The number of hydrogen-bond donors (Lipinski definition) is 0. The third-order valence-corrected chi connectivity index (χ3v) is 4.71. The van der Waals surface area contributed by atoms with Crippen LogP contribution in [0.3, 0.4) is 0 Å². The van der Waals surface area contributed by atoms with Gasteiger partial charge < -0.3 is 13.7 Å². The first-order chi connectivity index (χ1) is 11.7. The number of nitrogens with zero attached hydrogens (tertiary/aromatic N) is 2. The average Bonchev–Trinajstić information content (AvgIpc) is 3.31. The zero-order chi connectivity index (χ0) is 16.5. The number of rotatable bonds is 4. The fourth-order valence-electron chi connectivity index (χ4n) is 3.28. The van der Waals surface area contributed by atoms with E-state index in [0.717, 1.165) is 60.0 Å². The molecule has 0 spiro atoms. The summed E-state index contributed by atoms with van der Waals surface area (Å²) in [5.74, 6) is 1.83. The van der Waals surface area contributed by atoms with Gasteiger partial charge in [0.2, 0.25) is 0 Å². The molecule has 1 saturated heterocycles. The van der Waals surface area contributed by atoms with Gasteiger partial charge in [0.1, 0.15) is 11.5 Å². The molecule has 1 aliphatic rings. The molecule has 1 aromatic carbocycles. The molecular weight excluding hydrogens is 300 g/mol. The molecule has 1 atom stereocenters. The molecule has 3 aromatic rings. The Morgan fingerprint density at radius 1 is 1.21 bits per heavy atom. The first kappa shape index (κ1) is 15.2. The Morgan fingerprint density at radius 2 is 2.04 bits per heavy atom. The van der Waals surface area contributed by atoms with Crippen molar-refractivity contribution < 1.29 is 9.15 Å². The predicted octanol–water partition coefficient (Wildman–Crippen LogP) is 4.61. The Balaban J connectivity index is 1.80. The Bertz CT molecular complexity index is 807. The van der Waals surface area contributed by atoms with E-state index < -0.39 is 0 Å². The van der Waals surface area contributed by atoms with Crippen molar-refractivity contribution in [2.45, 2.75) is 39.3 Å². The van der Waals surface area contributed by atoms with Crippen molar-refractivity contribution in [1.29, 1.82) is 0 Å². The summed E-state index contributed by atoms with van der Waals surface area (Å²) in [5, 5.41) is 0. The minimum absolute atomic E-state index is 0.263. The SMILES string of the molecule is Cc1cc(-c2c(-c3ccccc3)ncn2C[C@@H]2CCCO2)oc1C. The largest absolute Gasteiger partial charge is 0.459 e. The lowest BCUT2D eigenvalue weighted by atomic mass is 10.1. The zero-order valence-corrected chi connectivity index (χ0v) is 14.2. The van der Waals surface area contributed by atoms with Gasteiger partial charge in [-0.15, -0.1) is 0 Å². The van der Waals surface area contributed by atoms with Crippen LogP contribution < -0.4 is 0 Å². The van der Waals surface area contributed by atoms with Crippen LogP contribution in [0.2, 0.25) is 0 Å². The molecular formula is C20H22N2O2. The number of imidazole rings is 1. The first-order valence-electron chi connectivity index (χ1n) is 8.52. The van der Waals surface area contributed by atoms with Gasteiger partial charge in [0.15, 0.2) is 5.76 Å². The maximum absolute atomic E-state index is 6.02. The van der Waals surface area contributed by atoms with Crippen molar-refractivity contribution in [3.05, 3.63) is 54.0 Å². The molecule has 0 amide bonds. The zero-order valence-electron chi connectivity index (χ0n) is 14.2. The summed E-state index contributed by atoms with van der Waals surface area (Å²) in [6, 6.07) is 12.4. The summed E-state index contributed by atoms with van der Waals surface area (Å²) >= 11 is 0. The van der Waals surface area contributed by atoms with E-state index in [2.05, 4.69) is 29.7 Å². The van der Waals surface area contributed by atoms with Crippen LogP contribution in [0.15, 0.2) is 47.1 Å². The Morgan fingerprint density at radius 3 is 2.71 bits per heavy atom. The van der Waals surface area contributed by atoms with Crippen LogP contribution in [-0.4, -0.2) is 22.3 Å². The van der Waals surface area contributed by atoms with Gasteiger partial charge in [-0.05, 0) is 38.3 Å². The molecule has 124 valence electrons. The highest BCUT2D eigenvalue weighted by atomic mass is 16.5. The van der Waals surface area contributed by atoms with Crippen molar-refractivity contribution >= 4 is 0 Å². The molecule has 0 saturated carbocycles. The quantitative estimate of drug-likeness (QED) is 0.704. The van der Waals surface area contributed by atoms with E-state index in [9.17, 15) is 0 Å². The van der Waals surface area contributed by atoms with Gasteiger partial charge in [-0.1, -0.05) is 30.3 Å². The van der Waals surface area contributed by atoms with E-state index in [1.165, 1.54) is 0 Å². The van der Waals surface area contributed by atoms with E-state index in [0.29, 0.717) is 0 Å². The fraction of sp³-hybridized carbons (Fsp3) is 0.350. The van der Waals surface area contributed by atoms with Crippen molar-refractivity contribution in [2.24, 2.45) is 0 Å². The predicted molar refractivity (Wildman–Crippen MR) is 93.8 cm³/mol. The Hall–Kier alpha value is -2.33. The molecule has 4 rings (SSSR count). The molecule has 0 aliphatic carbocycles. The lowest BCUT2D eigenvalue weighted by Crippen LogP contribution is -2.15. The summed E-state index contributed by atoms with van der Waals surface area (Å²) in [4.78, 5) is 4.69. The summed E-state index contributed by atoms with van der Waals surface area (Å²) < 4.78 is 14.0. The Labute approximate surface area is 142 Å². The van der Waals surface area contributed by atoms with Crippen molar-refractivity contribution in [3.8, 4) is 22.7 Å². The van der Waals surface area contributed by atoms with Crippen LogP contribution in [0.5, 0.6) is 0 Å². The van der Waals surface area contributed by atoms with Gasteiger partial charge >= 0.3 is 0 Å². The Kier molecular flexibility index (Phi) is 3.98. The molecule has 0 unspecified atom stereocenters. The minimum atomic E-state index is 0.263. The lowest BCUT2D eigenvalue weighted by molar-refractivity contribution is 0.0972. The molecule has 1 aliphatic heterocycles. The molecule has 2 aromatic heterocycles. The number of ether oxygens (including phenoxy) is 1. The highest BCUT2D eigenvalue weighted by molar-refractivity contribution is 5.76. The van der Waals surface area contributed by atoms with E-state index in [4.69, 9.17) is 14.1 Å². The summed E-state index contributed by atoms with van der Waals surface area (Å²) in [5.41, 5.74) is 4.26. The number of furan rings is 1. The first-order valence-corrected chi connectivity index (χ1v) is 8.52. The van der Waals surface area contributed by atoms with Crippen LogP contribution in [0.4, 0.5) is 0 Å². The van der Waals surface area contributed by atoms with Gasteiger partial charge in [0.25, 0.3) is 0 Å². The van der Waals surface area contributed by atoms with Crippen LogP contribution in [-0.2, 0) is 11.3 Å². The van der Waals surface area contributed by atoms with Gasteiger partial charge in [-0.2, -0.15) is 0 Å². The lowest BCUT2D eigenvalue weighted by Gasteiger charge is -2.13. The van der Waals surface area contributed by atoms with Gasteiger partial charge in [0.05, 0.1) is 24.7 Å². The summed E-state index contributed by atoms with van der Waals surface area (Å²) in [7, 11) is 0. The summed E-state index contributed by atoms with van der Waals surface area (Å²) in [6.07, 6.45) is 4.42. The fourth-order valence-corrected chi connectivity index (χ4v) is 3.28. The topological polar surface area (TPSA) is 40.2 Å². The number of benzene rings is 1. The van der Waals surface area contributed by atoms with E-state index in [1.54, 1.807) is 0 Å². The number of aryl methyl sites for hydroxylation is 2. The minimum Gasteiger partial charge on any atom is -0.459 e. The molecule has 1 fully saturated rings. The molecule has 24 heavy (non-hydrogen) atoms. The maximum Gasteiger partial charge on any atom is 0.153 e. The standard InChI is InChI=1S/C20H22N2O2/c1-14-11-18(24-15(14)2)20-19(16-7-4-3-5-8-16)21-13-22(20)12-17-9-6-10-23-17/h3-5,7-8,11,13,17H,6,9-10,12H2,1-2H3/t17-/m0/s1. The smallest absolute Gasteiger partial charge is 0.153 e. The molecule has 0 N–H and O–H groups in total. The van der Waals surface area contributed by atoms with Crippen LogP contribution in [0.25, 0.3) is 22.7 Å². The van der Waals surface area contributed by atoms with Crippen molar-refractivity contribution in [1.82, 2.24) is 9.55 Å². The highest BCUT2D eigenvalue weighted by Gasteiger charge is 2.22. The third-order valence-electron chi connectivity index (χ3n) is 4.71. The summed E-state index contributed by atoms with van der Waals surface area (Å²) in [6.45, 7) is 5.75. The normalized spacial score (nSPS) is 17.5. The van der Waals surface area contributed by atoms with Gasteiger partial charge in [-0.3, -0.25) is 0 Å². The monoisotopic (exact) mass is 322 g/mol. The number of aromatic nitrogens is 2. The number of hydrogen-bond acceptors (Lipinski definition) is 3. The maximum atomic E-state index is 6.02. The molecule has 0 bridgehead atoms. The van der Waals surface area contributed by atoms with Crippen LogP contribution in [0.1, 0.15) is 24.2 Å². The second-order valence-electron chi connectivity index (χ2n) is 6.45. The van der Waals surface area contributed by atoms with Crippen LogP contribution in [0, 0.1) is 13.8 Å². The van der Waals surface area contributed by atoms with E-state index in [1.807, 2.05) is 31.5 Å². The highest BCUT2D eigenvalue weighted by Crippen LogP contribution is 2.34. The third kappa shape index (κ3) is 2.78. The van der Waals surface area contributed by atoms with Crippen molar-refractivity contribution in [2.75, 3.05) is 6.61 Å². The van der Waals surface area contributed by atoms with E-state index >= 15 is 0 Å². The van der Waals surface area contributed by atoms with Gasteiger partial charge in [-0.25, -0.2) is 4.98 Å². The second kappa shape index (κ2) is 6.29. The van der Waals surface area contributed by atoms with Crippen LogP contribution >= 0.6 is 0 Å². The van der Waals surface area contributed by atoms with Gasteiger partial charge in [0, 0.05) is 12.2 Å². The van der Waals surface area contributed by atoms with E-state index in [-0.39, 0.29) is 6.10 Å². The molecule has 3 heterocycles. The van der Waals surface area contributed by atoms with Crippen molar-refractivity contribution in [3.63, 3.8) is 0 Å². The molecule has 0 radical (unpaired) electrons. The second-order valence-corrected chi connectivity index (χ2v) is 6.45.